The van der Waals surface area contributed by atoms with Crippen LogP contribution < -0.4 is 16.0 Å². The van der Waals surface area contributed by atoms with E-state index in [1.54, 1.807) is 0 Å². The minimum Gasteiger partial charge on any atom is -0.478 e. The van der Waals surface area contributed by atoms with E-state index in [2.05, 4.69) is 25.9 Å². The Balaban J connectivity index is 1.17. The summed E-state index contributed by atoms with van der Waals surface area (Å²) in [6.07, 6.45) is 7.85. The SMILES string of the molecule is O=C(O)c1cc(NC(=O)C(Cc2ccc(F)cc2F)NC(=O)c2cc3nc[nH]c3cc2C(=O)NCC23CC4CC(CC(C4)C2)C3)cc(C(=O)O)c1. The van der Waals surface area contributed by atoms with Gasteiger partial charge in [0.1, 0.15) is 17.7 Å². The first-order valence-corrected chi connectivity index (χ1v) is 16.8. The highest BCUT2D eigenvalue weighted by Crippen LogP contribution is 2.59. The monoisotopic (exact) mass is 699 g/mol. The number of hydrogen-bond donors (Lipinski definition) is 6. The van der Waals surface area contributed by atoms with Crippen molar-refractivity contribution in [3.8, 4) is 0 Å². The number of carboxylic acids is 2. The highest BCUT2D eigenvalue weighted by atomic mass is 19.1. The third-order valence-corrected chi connectivity index (χ3v) is 10.6. The number of hydrogen-bond acceptors (Lipinski definition) is 6. The van der Waals surface area contributed by atoms with Gasteiger partial charge in [-0.25, -0.2) is 23.4 Å². The Morgan fingerprint density at radius 2 is 1.47 bits per heavy atom. The molecule has 0 aliphatic heterocycles. The minimum absolute atomic E-state index is 0.0196. The van der Waals surface area contributed by atoms with Gasteiger partial charge in [0.05, 0.1) is 39.6 Å². The molecule has 8 rings (SSSR count). The van der Waals surface area contributed by atoms with E-state index < -0.39 is 64.9 Å². The molecule has 3 amide bonds. The molecule has 4 aliphatic carbocycles. The molecule has 1 atom stereocenters. The van der Waals surface area contributed by atoms with E-state index in [0.29, 0.717) is 41.4 Å². The van der Waals surface area contributed by atoms with E-state index in [4.69, 9.17) is 0 Å². The average molecular weight is 700 g/mol. The lowest BCUT2D eigenvalue weighted by molar-refractivity contribution is -0.118. The molecule has 12 nitrogen and oxygen atoms in total. The van der Waals surface area contributed by atoms with E-state index in [9.17, 15) is 43.0 Å². The molecule has 6 N–H and O–H groups in total. The fraction of sp³-hybridized carbons (Fsp3) is 0.351. The lowest BCUT2D eigenvalue weighted by Gasteiger charge is -2.56. The van der Waals surface area contributed by atoms with Crippen LogP contribution in [0.4, 0.5) is 14.5 Å². The van der Waals surface area contributed by atoms with Gasteiger partial charge >= 0.3 is 11.9 Å². The van der Waals surface area contributed by atoms with Gasteiger partial charge in [-0.1, -0.05) is 6.07 Å². The van der Waals surface area contributed by atoms with Crippen molar-refractivity contribution >= 4 is 46.4 Å². The third kappa shape index (κ3) is 7.03. The summed E-state index contributed by atoms with van der Waals surface area (Å²) in [5, 5.41) is 27.0. The Kier molecular flexibility index (Phi) is 8.77. The minimum atomic E-state index is -1.56. The molecule has 1 aromatic heterocycles. The van der Waals surface area contributed by atoms with Crippen LogP contribution in [0.1, 0.15) is 85.5 Å². The molecular weight excluding hydrogens is 664 g/mol. The molecule has 0 radical (unpaired) electrons. The summed E-state index contributed by atoms with van der Waals surface area (Å²) in [4.78, 5) is 72.0. The standard InChI is InChI=1S/C37H35F2N5O7/c38-24-2-1-21(28(39)10-24)9-31(34(47)43-25-7-22(35(48)49)6-23(8-25)36(50)51)44-33(46)27-12-30-29(41-17-42-30)11-26(27)32(45)40-16-37-13-18-3-19(14-37)5-20(4-18)15-37/h1-2,6-8,10-12,17-20,31H,3-5,9,13-16H2,(H,40,45)(H,41,42)(H,43,47)(H,44,46)(H,48,49)(H,50,51). The molecule has 4 fully saturated rings. The maximum atomic E-state index is 14.8. The molecule has 4 aromatic rings. The van der Waals surface area contributed by atoms with Gasteiger partial charge in [-0.15, -0.1) is 0 Å². The molecule has 14 heteroatoms. The number of nitrogens with zero attached hydrogens (tertiary/aromatic N) is 1. The number of carboxylic acid groups (broad SMARTS) is 2. The van der Waals surface area contributed by atoms with Gasteiger partial charge in [0.2, 0.25) is 5.91 Å². The zero-order chi connectivity index (χ0) is 36.0. The number of rotatable bonds is 11. The summed E-state index contributed by atoms with van der Waals surface area (Å²) in [6.45, 7) is 0.472. The maximum absolute atomic E-state index is 14.8. The molecule has 4 aliphatic rings. The molecule has 4 bridgehead atoms. The molecule has 264 valence electrons. The predicted octanol–water partition coefficient (Wildman–Crippen LogP) is 5.16. The Bertz CT molecular complexity index is 2030. The number of nitrogens with one attached hydrogen (secondary N) is 4. The van der Waals surface area contributed by atoms with E-state index in [0.717, 1.165) is 49.6 Å². The number of fused-ring (bicyclic) bond motifs is 1. The van der Waals surface area contributed by atoms with Crippen molar-refractivity contribution in [2.45, 2.75) is 51.0 Å². The van der Waals surface area contributed by atoms with Crippen molar-refractivity contribution in [2.75, 3.05) is 11.9 Å². The number of imidazole rings is 1. The van der Waals surface area contributed by atoms with Gasteiger partial charge in [0.25, 0.3) is 11.8 Å². The topological polar surface area (TPSA) is 191 Å². The zero-order valence-corrected chi connectivity index (χ0v) is 27.3. The molecular formula is C37H35F2N5O7. The maximum Gasteiger partial charge on any atom is 0.335 e. The fourth-order valence-electron chi connectivity index (χ4n) is 8.76. The number of benzene rings is 3. The molecule has 51 heavy (non-hydrogen) atoms. The second-order valence-electron chi connectivity index (χ2n) is 14.3. The van der Waals surface area contributed by atoms with Crippen molar-refractivity contribution in [2.24, 2.45) is 23.2 Å². The summed E-state index contributed by atoms with van der Waals surface area (Å²) in [5.41, 5.74) is -0.364. The van der Waals surface area contributed by atoms with Crippen molar-refractivity contribution in [1.82, 2.24) is 20.6 Å². The van der Waals surface area contributed by atoms with Crippen molar-refractivity contribution in [3.05, 3.63) is 94.3 Å². The van der Waals surface area contributed by atoms with E-state index in [1.165, 1.54) is 37.7 Å². The van der Waals surface area contributed by atoms with Crippen molar-refractivity contribution < 1.29 is 43.0 Å². The molecule has 4 saturated carbocycles. The smallest absolute Gasteiger partial charge is 0.335 e. The largest absolute Gasteiger partial charge is 0.478 e. The van der Waals surface area contributed by atoms with Crippen LogP contribution in [-0.2, 0) is 11.2 Å². The van der Waals surface area contributed by atoms with Crippen LogP contribution >= 0.6 is 0 Å². The molecule has 3 aromatic carbocycles. The summed E-state index contributed by atoms with van der Waals surface area (Å²) in [7, 11) is 0. The number of carbonyl (C=O) groups is 5. The zero-order valence-electron chi connectivity index (χ0n) is 27.3. The number of aromatic amines is 1. The highest BCUT2D eigenvalue weighted by Gasteiger charge is 2.50. The van der Waals surface area contributed by atoms with Gasteiger partial charge < -0.3 is 31.1 Å². The number of aromatic nitrogens is 2. The number of anilines is 1. The van der Waals surface area contributed by atoms with Gasteiger partial charge in [-0.3, -0.25) is 14.4 Å². The normalized spacial score (nSPS) is 22.4. The fourth-order valence-corrected chi connectivity index (χ4v) is 8.76. The van der Waals surface area contributed by atoms with Gasteiger partial charge in [-0.05, 0) is 104 Å². The van der Waals surface area contributed by atoms with Crippen LogP contribution in [0, 0.1) is 34.8 Å². The van der Waals surface area contributed by atoms with Gasteiger partial charge in [0, 0.05) is 24.7 Å². The molecule has 0 saturated heterocycles. The van der Waals surface area contributed by atoms with Crippen molar-refractivity contribution in [3.63, 3.8) is 0 Å². The Labute approximate surface area is 290 Å². The summed E-state index contributed by atoms with van der Waals surface area (Å²) >= 11 is 0. The summed E-state index contributed by atoms with van der Waals surface area (Å²) in [6, 6.07) is 7.05. The predicted molar refractivity (Wildman–Crippen MR) is 179 cm³/mol. The van der Waals surface area contributed by atoms with Crippen molar-refractivity contribution in [1.29, 1.82) is 0 Å². The molecule has 1 unspecified atom stereocenters. The summed E-state index contributed by atoms with van der Waals surface area (Å²) in [5.74, 6) is -5.02. The van der Waals surface area contributed by atoms with Crippen LogP contribution in [0.3, 0.4) is 0 Å². The first-order valence-electron chi connectivity index (χ1n) is 16.8. The lowest BCUT2D eigenvalue weighted by Crippen LogP contribution is -2.51. The number of amides is 3. The number of carbonyl (C=O) groups excluding carboxylic acids is 3. The number of halogens is 2. The van der Waals surface area contributed by atoms with Crippen LogP contribution in [0.5, 0.6) is 0 Å². The second-order valence-corrected chi connectivity index (χ2v) is 14.3. The van der Waals surface area contributed by atoms with Gasteiger partial charge in [-0.2, -0.15) is 0 Å². The average Bonchev–Trinajstić information content (AvgIpc) is 3.54. The molecule has 0 spiro atoms. The quantitative estimate of drug-likeness (QED) is 0.124. The third-order valence-electron chi connectivity index (χ3n) is 10.6. The summed E-state index contributed by atoms with van der Waals surface area (Å²) < 4.78 is 28.6. The Morgan fingerprint density at radius 1 is 0.843 bits per heavy atom. The first-order chi connectivity index (χ1) is 24.3. The van der Waals surface area contributed by atoms with Crippen LogP contribution in [0.2, 0.25) is 0 Å². The van der Waals surface area contributed by atoms with Crippen LogP contribution in [-0.4, -0.2) is 62.4 Å². The van der Waals surface area contributed by atoms with Crippen LogP contribution in [0.15, 0.2) is 54.9 Å². The van der Waals surface area contributed by atoms with Gasteiger partial charge in [0.15, 0.2) is 0 Å². The molecule has 1 heterocycles. The number of H-pyrrole nitrogens is 1. The second kappa shape index (κ2) is 13.2. The lowest BCUT2D eigenvalue weighted by atomic mass is 9.49. The first kappa shape index (κ1) is 33.8. The highest BCUT2D eigenvalue weighted by molar-refractivity contribution is 6.11. The van der Waals surface area contributed by atoms with Crippen LogP contribution in [0.25, 0.3) is 11.0 Å². The van der Waals surface area contributed by atoms with E-state index in [1.807, 2.05) is 0 Å². The Hall–Kier alpha value is -5.66. The van der Waals surface area contributed by atoms with E-state index in [-0.39, 0.29) is 27.8 Å². The number of aromatic carboxylic acids is 2. The van der Waals surface area contributed by atoms with E-state index >= 15 is 0 Å². The Morgan fingerprint density at radius 3 is 2.08 bits per heavy atom.